The minimum atomic E-state index is 0.228. The average molecular weight is 237 g/mol. The van der Waals surface area contributed by atoms with Gasteiger partial charge in [0.2, 0.25) is 5.89 Å². The highest BCUT2D eigenvalue weighted by Gasteiger charge is 2.10. The van der Waals surface area contributed by atoms with Crippen LogP contribution in [-0.2, 0) is 6.54 Å². The zero-order chi connectivity index (χ0) is 11.5. The molecule has 0 aliphatic carbocycles. The molecule has 86 valence electrons. The largest absolute Gasteiger partial charge is 0.445 e. The number of hydrogen-bond donors (Lipinski definition) is 1. The van der Waals surface area contributed by atoms with E-state index < -0.39 is 0 Å². The molecule has 16 heavy (non-hydrogen) atoms. The molecule has 2 rings (SSSR count). The Labute approximate surface area is 98.7 Å². The van der Waals surface area contributed by atoms with Crippen LogP contribution in [0, 0.1) is 13.8 Å². The van der Waals surface area contributed by atoms with Crippen molar-refractivity contribution in [2.45, 2.75) is 33.4 Å². The molecule has 0 aliphatic heterocycles. The normalized spacial score (nSPS) is 12.9. The van der Waals surface area contributed by atoms with Gasteiger partial charge in [0.25, 0.3) is 0 Å². The molecule has 1 atom stereocenters. The van der Waals surface area contributed by atoms with Crippen LogP contribution in [0.15, 0.2) is 16.8 Å². The topological polar surface area (TPSA) is 51.0 Å². The van der Waals surface area contributed by atoms with Gasteiger partial charge in [0, 0.05) is 11.1 Å². The van der Waals surface area contributed by atoms with Crippen LogP contribution in [0.5, 0.6) is 0 Å². The summed E-state index contributed by atoms with van der Waals surface area (Å²) in [5.74, 6) is 1.56. The van der Waals surface area contributed by atoms with E-state index in [-0.39, 0.29) is 6.04 Å². The third-order valence-corrected chi connectivity index (χ3v) is 3.33. The Kier molecular flexibility index (Phi) is 3.36. The Morgan fingerprint density at radius 1 is 1.38 bits per heavy atom. The quantitative estimate of drug-likeness (QED) is 0.888. The molecule has 1 unspecified atom stereocenters. The van der Waals surface area contributed by atoms with Crippen molar-refractivity contribution in [1.29, 1.82) is 0 Å². The number of aryl methyl sites for hydroxylation is 2. The summed E-state index contributed by atoms with van der Waals surface area (Å²) >= 11 is 1.71. The molecule has 2 aromatic heterocycles. The second-order valence-electron chi connectivity index (χ2n) is 3.78. The Morgan fingerprint density at radius 3 is 2.75 bits per heavy atom. The van der Waals surface area contributed by atoms with Crippen LogP contribution in [0.25, 0.3) is 0 Å². The summed E-state index contributed by atoms with van der Waals surface area (Å²) in [6.07, 6.45) is 3.63. The van der Waals surface area contributed by atoms with Gasteiger partial charge in [-0.05, 0) is 20.8 Å². The number of nitrogens with zero attached hydrogens (tertiary/aromatic N) is 2. The molecular formula is C11H15N3OS. The maximum atomic E-state index is 5.38. The van der Waals surface area contributed by atoms with Crippen molar-refractivity contribution < 1.29 is 4.42 Å². The van der Waals surface area contributed by atoms with Crippen LogP contribution in [0.2, 0.25) is 0 Å². The van der Waals surface area contributed by atoms with Crippen molar-refractivity contribution in [3.05, 3.63) is 33.9 Å². The standard InChI is InChI=1S/C11H15N3OS/c1-7-4-13-10(15-7)6-12-9(3)11-14-5-8(2)16-11/h4-5,9,12H,6H2,1-3H3. The van der Waals surface area contributed by atoms with Gasteiger partial charge < -0.3 is 4.42 Å². The lowest BCUT2D eigenvalue weighted by atomic mass is 10.3. The summed E-state index contributed by atoms with van der Waals surface area (Å²) in [7, 11) is 0. The first-order valence-electron chi connectivity index (χ1n) is 5.22. The summed E-state index contributed by atoms with van der Waals surface area (Å²) in [6.45, 7) is 6.68. The number of thiazole rings is 1. The highest BCUT2D eigenvalue weighted by atomic mass is 32.1. The maximum Gasteiger partial charge on any atom is 0.208 e. The van der Waals surface area contributed by atoms with E-state index in [9.17, 15) is 0 Å². The summed E-state index contributed by atoms with van der Waals surface area (Å²) in [5.41, 5.74) is 0. The molecule has 0 aliphatic rings. The van der Waals surface area contributed by atoms with Crippen molar-refractivity contribution in [1.82, 2.24) is 15.3 Å². The summed E-state index contributed by atoms with van der Waals surface area (Å²) in [5, 5.41) is 4.43. The van der Waals surface area contributed by atoms with Gasteiger partial charge >= 0.3 is 0 Å². The first kappa shape index (κ1) is 11.3. The average Bonchev–Trinajstić information content (AvgIpc) is 2.84. The van der Waals surface area contributed by atoms with Gasteiger partial charge in [0.05, 0.1) is 18.8 Å². The number of aromatic nitrogens is 2. The van der Waals surface area contributed by atoms with Crippen LogP contribution in [0.3, 0.4) is 0 Å². The van der Waals surface area contributed by atoms with Crippen molar-refractivity contribution in [3.8, 4) is 0 Å². The molecule has 5 heteroatoms. The van der Waals surface area contributed by atoms with Gasteiger partial charge in [0.15, 0.2) is 0 Å². The highest BCUT2D eigenvalue weighted by Crippen LogP contribution is 2.19. The minimum absolute atomic E-state index is 0.228. The van der Waals surface area contributed by atoms with Crippen LogP contribution in [-0.4, -0.2) is 9.97 Å². The van der Waals surface area contributed by atoms with Crippen LogP contribution < -0.4 is 5.32 Å². The van der Waals surface area contributed by atoms with E-state index in [0.717, 1.165) is 16.7 Å². The molecule has 4 nitrogen and oxygen atoms in total. The third kappa shape index (κ3) is 2.68. The fraction of sp³-hybridized carbons (Fsp3) is 0.455. The highest BCUT2D eigenvalue weighted by molar-refractivity contribution is 7.11. The lowest BCUT2D eigenvalue weighted by Crippen LogP contribution is -2.17. The van der Waals surface area contributed by atoms with Gasteiger partial charge in [-0.25, -0.2) is 9.97 Å². The first-order chi connectivity index (χ1) is 7.65. The van der Waals surface area contributed by atoms with Crippen LogP contribution in [0.1, 0.15) is 34.5 Å². The summed E-state index contributed by atoms with van der Waals surface area (Å²) in [6, 6.07) is 0.228. The van der Waals surface area contributed by atoms with E-state index in [1.807, 2.05) is 13.1 Å². The number of nitrogens with one attached hydrogen (secondary N) is 1. The van der Waals surface area contributed by atoms with Crippen LogP contribution >= 0.6 is 11.3 Å². The van der Waals surface area contributed by atoms with E-state index in [0.29, 0.717) is 6.54 Å². The van der Waals surface area contributed by atoms with E-state index in [4.69, 9.17) is 4.42 Å². The zero-order valence-corrected chi connectivity index (χ0v) is 10.5. The van der Waals surface area contributed by atoms with Crippen molar-refractivity contribution in [3.63, 3.8) is 0 Å². The van der Waals surface area contributed by atoms with E-state index >= 15 is 0 Å². The number of oxazole rings is 1. The predicted octanol–water partition coefficient (Wildman–Crippen LogP) is 2.60. The van der Waals surface area contributed by atoms with Crippen molar-refractivity contribution in [2.24, 2.45) is 0 Å². The molecule has 2 heterocycles. The van der Waals surface area contributed by atoms with Gasteiger partial charge in [-0.2, -0.15) is 0 Å². The monoisotopic (exact) mass is 237 g/mol. The van der Waals surface area contributed by atoms with E-state index in [1.165, 1.54) is 4.88 Å². The van der Waals surface area contributed by atoms with E-state index in [2.05, 4.69) is 29.1 Å². The molecule has 0 fully saturated rings. The lowest BCUT2D eigenvalue weighted by molar-refractivity contribution is 0.432. The molecular weight excluding hydrogens is 222 g/mol. The molecule has 1 N–H and O–H groups in total. The Hall–Kier alpha value is -1.20. The van der Waals surface area contributed by atoms with Gasteiger partial charge in [0.1, 0.15) is 10.8 Å². The molecule has 0 aromatic carbocycles. The lowest BCUT2D eigenvalue weighted by Gasteiger charge is -2.08. The third-order valence-electron chi connectivity index (χ3n) is 2.24. The molecule has 2 aromatic rings. The molecule has 0 radical (unpaired) electrons. The minimum Gasteiger partial charge on any atom is -0.445 e. The van der Waals surface area contributed by atoms with Crippen LogP contribution in [0.4, 0.5) is 0 Å². The maximum absolute atomic E-state index is 5.38. The molecule has 0 spiro atoms. The summed E-state index contributed by atoms with van der Waals surface area (Å²) < 4.78 is 5.38. The van der Waals surface area contributed by atoms with Gasteiger partial charge in [-0.15, -0.1) is 11.3 Å². The predicted molar refractivity (Wildman–Crippen MR) is 63.3 cm³/mol. The van der Waals surface area contributed by atoms with Gasteiger partial charge in [-0.1, -0.05) is 0 Å². The Bertz CT molecular complexity index is 463. The fourth-order valence-electron chi connectivity index (χ4n) is 1.38. The Balaban J connectivity index is 1.91. The van der Waals surface area contributed by atoms with Gasteiger partial charge in [-0.3, -0.25) is 5.32 Å². The Morgan fingerprint density at radius 2 is 2.19 bits per heavy atom. The molecule has 0 amide bonds. The molecule has 0 saturated carbocycles. The summed E-state index contributed by atoms with van der Waals surface area (Å²) in [4.78, 5) is 9.71. The first-order valence-corrected chi connectivity index (χ1v) is 6.04. The number of hydrogen-bond acceptors (Lipinski definition) is 5. The SMILES string of the molecule is Cc1cnc(CNC(C)c2ncc(C)s2)o1. The molecule has 0 saturated heterocycles. The molecule has 0 bridgehead atoms. The van der Waals surface area contributed by atoms with Crippen molar-refractivity contribution >= 4 is 11.3 Å². The number of rotatable bonds is 4. The second-order valence-corrected chi connectivity index (χ2v) is 5.04. The van der Waals surface area contributed by atoms with Crippen molar-refractivity contribution in [2.75, 3.05) is 0 Å². The van der Waals surface area contributed by atoms with E-state index in [1.54, 1.807) is 17.5 Å². The second kappa shape index (κ2) is 4.76. The smallest absolute Gasteiger partial charge is 0.208 e. The fourth-order valence-corrected chi connectivity index (χ4v) is 2.18. The zero-order valence-electron chi connectivity index (χ0n) is 9.65.